The molecule has 0 heterocycles. The third-order valence-corrected chi connectivity index (χ3v) is 2.89. The second-order valence-electron chi connectivity index (χ2n) is 4.70. The molecule has 0 amide bonds. The van der Waals surface area contributed by atoms with E-state index in [4.69, 9.17) is 10.5 Å². The minimum absolute atomic E-state index is 0.267. The molecule has 0 saturated carbocycles. The van der Waals surface area contributed by atoms with Crippen molar-refractivity contribution in [2.75, 3.05) is 20.3 Å². The van der Waals surface area contributed by atoms with Crippen LogP contribution in [0.3, 0.4) is 0 Å². The van der Waals surface area contributed by atoms with Crippen LogP contribution in [0.25, 0.3) is 0 Å². The summed E-state index contributed by atoms with van der Waals surface area (Å²) >= 11 is 0. The summed E-state index contributed by atoms with van der Waals surface area (Å²) in [6, 6.07) is 0.865. The fraction of sp³-hybridized carbons (Fsp3) is 1.00. The largest absolute Gasteiger partial charge is 0.385 e. The second kappa shape index (κ2) is 11.4. The third-order valence-electron chi connectivity index (χ3n) is 2.89. The normalized spacial score (nSPS) is 15.0. The molecule has 0 aliphatic rings. The minimum atomic E-state index is 0.267. The lowest BCUT2D eigenvalue weighted by molar-refractivity contribution is 0.190. The van der Waals surface area contributed by atoms with Gasteiger partial charge in [-0.1, -0.05) is 26.2 Å². The summed E-state index contributed by atoms with van der Waals surface area (Å²) in [6.07, 6.45) is 7.32. The van der Waals surface area contributed by atoms with E-state index in [0.29, 0.717) is 6.04 Å². The maximum atomic E-state index is 6.00. The fourth-order valence-electron chi connectivity index (χ4n) is 1.75. The molecule has 0 spiro atoms. The Labute approximate surface area is 101 Å². The van der Waals surface area contributed by atoms with Gasteiger partial charge in [0.1, 0.15) is 0 Å². The van der Waals surface area contributed by atoms with E-state index in [2.05, 4.69) is 19.2 Å². The van der Waals surface area contributed by atoms with Crippen LogP contribution in [0.15, 0.2) is 0 Å². The van der Waals surface area contributed by atoms with Crippen LogP contribution >= 0.6 is 0 Å². The summed E-state index contributed by atoms with van der Waals surface area (Å²) < 4.78 is 5.01. The number of nitrogens with one attached hydrogen (secondary N) is 1. The highest BCUT2D eigenvalue weighted by Gasteiger charge is 2.05. The molecule has 0 aromatic rings. The molecule has 0 aromatic carbocycles. The number of hydrogen-bond acceptors (Lipinski definition) is 3. The second-order valence-corrected chi connectivity index (χ2v) is 4.70. The van der Waals surface area contributed by atoms with Gasteiger partial charge < -0.3 is 15.8 Å². The molecule has 0 fully saturated rings. The van der Waals surface area contributed by atoms with E-state index in [1.54, 1.807) is 7.11 Å². The Morgan fingerprint density at radius 1 is 1.19 bits per heavy atom. The quantitative estimate of drug-likeness (QED) is 0.535. The Morgan fingerprint density at radius 2 is 1.94 bits per heavy atom. The van der Waals surface area contributed by atoms with Crippen molar-refractivity contribution in [2.45, 2.75) is 64.5 Å². The van der Waals surface area contributed by atoms with Gasteiger partial charge in [0, 0.05) is 32.3 Å². The van der Waals surface area contributed by atoms with E-state index in [1.165, 1.54) is 25.7 Å². The van der Waals surface area contributed by atoms with Gasteiger partial charge in [-0.05, 0) is 26.2 Å². The molecule has 16 heavy (non-hydrogen) atoms. The van der Waals surface area contributed by atoms with E-state index in [9.17, 15) is 0 Å². The summed E-state index contributed by atoms with van der Waals surface area (Å²) in [4.78, 5) is 0. The van der Waals surface area contributed by atoms with Crippen molar-refractivity contribution in [2.24, 2.45) is 5.73 Å². The van der Waals surface area contributed by atoms with Crippen molar-refractivity contribution in [1.29, 1.82) is 0 Å². The summed E-state index contributed by atoms with van der Waals surface area (Å²) in [5.74, 6) is 0. The molecule has 3 nitrogen and oxygen atoms in total. The highest BCUT2D eigenvalue weighted by Crippen LogP contribution is 2.03. The van der Waals surface area contributed by atoms with Crippen LogP contribution in [0.4, 0.5) is 0 Å². The first-order valence-electron chi connectivity index (χ1n) is 6.68. The zero-order valence-corrected chi connectivity index (χ0v) is 11.3. The van der Waals surface area contributed by atoms with Crippen LogP contribution in [0, 0.1) is 0 Å². The molecule has 0 aromatic heterocycles. The topological polar surface area (TPSA) is 47.3 Å². The maximum absolute atomic E-state index is 6.00. The molecule has 3 heteroatoms. The molecule has 0 rings (SSSR count). The molecule has 0 bridgehead atoms. The van der Waals surface area contributed by atoms with Gasteiger partial charge in [0.2, 0.25) is 0 Å². The molecule has 98 valence electrons. The summed E-state index contributed by atoms with van der Waals surface area (Å²) in [5.41, 5.74) is 6.00. The van der Waals surface area contributed by atoms with Crippen LogP contribution in [-0.2, 0) is 4.74 Å². The smallest absolute Gasteiger partial charge is 0.0462 e. The van der Waals surface area contributed by atoms with Gasteiger partial charge in [-0.2, -0.15) is 0 Å². The number of nitrogens with two attached hydrogens (primary N) is 1. The Hall–Kier alpha value is -0.120. The fourth-order valence-corrected chi connectivity index (χ4v) is 1.75. The van der Waals surface area contributed by atoms with E-state index >= 15 is 0 Å². The van der Waals surface area contributed by atoms with Gasteiger partial charge in [-0.3, -0.25) is 0 Å². The number of methoxy groups -OCH3 is 1. The van der Waals surface area contributed by atoms with Gasteiger partial charge in [0.15, 0.2) is 0 Å². The molecule has 0 saturated heterocycles. The van der Waals surface area contributed by atoms with Crippen LogP contribution in [0.1, 0.15) is 52.4 Å². The molecule has 0 radical (unpaired) electrons. The van der Waals surface area contributed by atoms with Crippen LogP contribution in [0.2, 0.25) is 0 Å². The molecule has 0 aliphatic heterocycles. The van der Waals surface area contributed by atoms with E-state index < -0.39 is 0 Å². The highest BCUT2D eigenvalue weighted by molar-refractivity contribution is 4.68. The van der Waals surface area contributed by atoms with Crippen LogP contribution in [0.5, 0.6) is 0 Å². The predicted octanol–water partition coefficient (Wildman–Crippen LogP) is 2.30. The van der Waals surface area contributed by atoms with Crippen molar-refractivity contribution in [3.63, 3.8) is 0 Å². The van der Waals surface area contributed by atoms with Gasteiger partial charge in [-0.25, -0.2) is 0 Å². The lowest BCUT2D eigenvalue weighted by Crippen LogP contribution is -2.38. The highest BCUT2D eigenvalue weighted by atomic mass is 16.5. The number of unbranched alkanes of at least 4 members (excludes halogenated alkanes) is 2. The molecule has 0 aliphatic carbocycles. The van der Waals surface area contributed by atoms with Gasteiger partial charge >= 0.3 is 0 Å². The summed E-state index contributed by atoms with van der Waals surface area (Å²) in [5, 5.41) is 3.50. The van der Waals surface area contributed by atoms with Crippen LogP contribution in [-0.4, -0.2) is 32.3 Å². The first kappa shape index (κ1) is 15.9. The molecular weight excluding hydrogens is 200 g/mol. The van der Waals surface area contributed by atoms with Gasteiger partial charge in [-0.15, -0.1) is 0 Å². The zero-order valence-electron chi connectivity index (χ0n) is 11.3. The maximum Gasteiger partial charge on any atom is 0.0462 e. The third kappa shape index (κ3) is 10.4. The van der Waals surface area contributed by atoms with Gasteiger partial charge in [0.25, 0.3) is 0 Å². The first-order valence-corrected chi connectivity index (χ1v) is 6.68. The van der Waals surface area contributed by atoms with Crippen molar-refractivity contribution in [3.05, 3.63) is 0 Å². The Balaban J connectivity index is 3.32. The first-order chi connectivity index (χ1) is 7.70. The molecule has 3 N–H and O–H groups in total. The van der Waals surface area contributed by atoms with Crippen molar-refractivity contribution in [1.82, 2.24) is 5.32 Å². The Kier molecular flexibility index (Phi) is 11.3. The lowest BCUT2D eigenvalue weighted by atomic mass is 10.1. The number of ether oxygens (including phenoxy) is 1. The number of hydrogen-bond donors (Lipinski definition) is 2. The summed E-state index contributed by atoms with van der Waals surface area (Å²) in [6.45, 7) is 6.23. The predicted molar refractivity (Wildman–Crippen MR) is 70.7 cm³/mol. The lowest BCUT2D eigenvalue weighted by Gasteiger charge is -2.17. The molecule has 2 unspecified atom stereocenters. The van der Waals surface area contributed by atoms with Crippen molar-refractivity contribution >= 4 is 0 Å². The van der Waals surface area contributed by atoms with E-state index in [-0.39, 0.29) is 6.04 Å². The van der Waals surface area contributed by atoms with E-state index in [1.807, 2.05) is 0 Å². The molecular formula is C13H30N2O. The number of rotatable bonds is 11. The Morgan fingerprint density at radius 3 is 2.56 bits per heavy atom. The zero-order chi connectivity index (χ0) is 12.2. The van der Waals surface area contributed by atoms with Gasteiger partial charge in [0.05, 0.1) is 0 Å². The van der Waals surface area contributed by atoms with Crippen molar-refractivity contribution in [3.8, 4) is 0 Å². The minimum Gasteiger partial charge on any atom is -0.385 e. The van der Waals surface area contributed by atoms with E-state index in [0.717, 1.165) is 26.0 Å². The average molecular weight is 230 g/mol. The SMILES string of the molecule is CCCCCC(C)NCC(N)CCCOC. The van der Waals surface area contributed by atoms with Crippen molar-refractivity contribution < 1.29 is 4.74 Å². The molecule has 2 atom stereocenters. The standard InChI is InChI=1S/C13H30N2O/c1-4-5-6-8-12(2)15-11-13(14)9-7-10-16-3/h12-13,15H,4-11,14H2,1-3H3. The monoisotopic (exact) mass is 230 g/mol. The van der Waals surface area contributed by atoms with Crippen LogP contribution < -0.4 is 11.1 Å². The Bertz CT molecular complexity index is 126. The average Bonchev–Trinajstić information content (AvgIpc) is 2.27. The summed E-state index contributed by atoms with van der Waals surface area (Å²) in [7, 11) is 1.74.